The highest BCUT2D eigenvalue weighted by Crippen LogP contribution is 2.42. The molecule has 9 heteroatoms. The summed E-state index contributed by atoms with van der Waals surface area (Å²) in [5.41, 5.74) is 1.47. The lowest BCUT2D eigenvalue weighted by molar-refractivity contribution is -0.112. The van der Waals surface area contributed by atoms with Gasteiger partial charge in [-0.3, -0.25) is 14.6 Å². The number of amides is 2. The standard InChI is InChI=1S/C28H21N3O5S/c32-26(20-9-3-1-4-10-20)25-23-16-22(37(35,36)30-18-19-8-7-15-29-17-19)13-14-24(23)31(28(25)34)27(33)21-11-5-2-6-12-21/h1-17,30,32H,18H2/b26-25-. The number of sulfonamides is 1. The lowest BCUT2D eigenvalue weighted by atomic mass is 10.0. The van der Waals surface area contributed by atoms with Crippen LogP contribution < -0.4 is 9.62 Å². The molecule has 0 saturated heterocycles. The predicted molar refractivity (Wildman–Crippen MR) is 139 cm³/mol. The normalized spacial score (nSPS) is 14.4. The molecule has 1 aliphatic rings. The smallest absolute Gasteiger partial charge is 0.269 e. The molecule has 0 bridgehead atoms. The molecule has 0 unspecified atom stereocenters. The summed E-state index contributed by atoms with van der Waals surface area (Å²) in [5.74, 6) is -1.69. The zero-order chi connectivity index (χ0) is 26.0. The van der Waals surface area contributed by atoms with Gasteiger partial charge >= 0.3 is 0 Å². The lowest BCUT2D eigenvalue weighted by Crippen LogP contribution is -2.33. The Morgan fingerprint density at radius 3 is 2.22 bits per heavy atom. The van der Waals surface area contributed by atoms with E-state index in [0.717, 1.165) is 4.90 Å². The molecule has 3 aromatic carbocycles. The van der Waals surface area contributed by atoms with Crippen molar-refractivity contribution in [2.75, 3.05) is 4.90 Å². The Morgan fingerprint density at radius 2 is 1.57 bits per heavy atom. The summed E-state index contributed by atoms with van der Waals surface area (Å²) < 4.78 is 28.7. The fourth-order valence-electron chi connectivity index (χ4n) is 4.06. The van der Waals surface area contributed by atoms with Gasteiger partial charge in [-0.1, -0.05) is 54.6 Å². The fraction of sp³-hybridized carbons (Fsp3) is 0.0357. The predicted octanol–water partition coefficient (Wildman–Crippen LogP) is 4.17. The van der Waals surface area contributed by atoms with Crippen molar-refractivity contribution in [1.82, 2.24) is 9.71 Å². The number of nitrogens with one attached hydrogen (secondary N) is 1. The molecular formula is C28H21N3O5S. The highest BCUT2D eigenvalue weighted by molar-refractivity contribution is 7.89. The molecule has 1 aliphatic heterocycles. The lowest BCUT2D eigenvalue weighted by Gasteiger charge is -2.15. The van der Waals surface area contributed by atoms with E-state index in [2.05, 4.69) is 9.71 Å². The maximum atomic E-state index is 13.6. The second-order valence-electron chi connectivity index (χ2n) is 8.27. The molecule has 5 rings (SSSR count). The molecule has 1 aromatic heterocycles. The highest BCUT2D eigenvalue weighted by Gasteiger charge is 2.40. The molecule has 37 heavy (non-hydrogen) atoms. The van der Waals surface area contributed by atoms with Crippen LogP contribution in [0.15, 0.2) is 108 Å². The van der Waals surface area contributed by atoms with Crippen LogP contribution in [0.3, 0.4) is 0 Å². The first-order valence-corrected chi connectivity index (χ1v) is 12.8. The van der Waals surface area contributed by atoms with Gasteiger partial charge in [0.1, 0.15) is 5.76 Å². The molecular weight excluding hydrogens is 490 g/mol. The number of hydrogen-bond acceptors (Lipinski definition) is 6. The molecule has 184 valence electrons. The molecule has 0 spiro atoms. The maximum Gasteiger partial charge on any atom is 0.269 e. The van der Waals surface area contributed by atoms with Crippen molar-refractivity contribution in [1.29, 1.82) is 0 Å². The van der Waals surface area contributed by atoms with Crippen LogP contribution in [0.2, 0.25) is 0 Å². The monoisotopic (exact) mass is 511 g/mol. The van der Waals surface area contributed by atoms with Crippen molar-refractivity contribution in [2.45, 2.75) is 11.4 Å². The van der Waals surface area contributed by atoms with Gasteiger partial charge in [-0.25, -0.2) is 18.0 Å². The average Bonchev–Trinajstić information content (AvgIpc) is 3.23. The van der Waals surface area contributed by atoms with Crippen molar-refractivity contribution >= 4 is 38.9 Å². The van der Waals surface area contributed by atoms with Crippen LogP contribution in [0.4, 0.5) is 5.69 Å². The first-order valence-electron chi connectivity index (χ1n) is 11.3. The van der Waals surface area contributed by atoms with Gasteiger partial charge in [-0.05, 0) is 42.0 Å². The molecule has 0 fully saturated rings. The minimum Gasteiger partial charge on any atom is -0.506 e. The highest BCUT2D eigenvalue weighted by atomic mass is 32.2. The molecule has 0 aliphatic carbocycles. The van der Waals surface area contributed by atoms with E-state index in [0.29, 0.717) is 11.1 Å². The quantitative estimate of drug-likeness (QED) is 0.228. The van der Waals surface area contributed by atoms with Crippen LogP contribution in [0.25, 0.3) is 11.3 Å². The van der Waals surface area contributed by atoms with E-state index >= 15 is 0 Å². The number of nitrogens with zero attached hydrogens (tertiary/aromatic N) is 2. The van der Waals surface area contributed by atoms with Gasteiger partial charge in [0.2, 0.25) is 10.0 Å². The zero-order valence-corrected chi connectivity index (χ0v) is 20.2. The number of carbonyl (C=O) groups excluding carboxylic acids is 2. The van der Waals surface area contributed by atoms with Crippen LogP contribution >= 0.6 is 0 Å². The van der Waals surface area contributed by atoms with Crippen molar-refractivity contribution < 1.29 is 23.1 Å². The second-order valence-corrected chi connectivity index (χ2v) is 10.0. The molecule has 8 nitrogen and oxygen atoms in total. The van der Waals surface area contributed by atoms with E-state index in [1.165, 1.54) is 18.2 Å². The molecule has 4 aromatic rings. The van der Waals surface area contributed by atoms with Gasteiger partial charge in [0.25, 0.3) is 11.8 Å². The van der Waals surface area contributed by atoms with Crippen LogP contribution in [-0.2, 0) is 21.4 Å². The number of fused-ring (bicyclic) bond motifs is 1. The molecule has 0 atom stereocenters. The molecule has 0 saturated carbocycles. The third-order valence-corrected chi connectivity index (χ3v) is 7.30. The van der Waals surface area contributed by atoms with Gasteiger partial charge in [0.05, 0.1) is 16.2 Å². The molecule has 2 heterocycles. The first kappa shape index (κ1) is 24.1. The van der Waals surface area contributed by atoms with Crippen molar-refractivity contribution in [3.8, 4) is 0 Å². The van der Waals surface area contributed by atoms with Gasteiger partial charge in [0.15, 0.2) is 0 Å². The number of hydrogen-bond donors (Lipinski definition) is 2. The first-order chi connectivity index (χ1) is 17.9. The summed E-state index contributed by atoms with van der Waals surface area (Å²) in [6.07, 6.45) is 3.14. The Kier molecular flexibility index (Phi) is 6.39. The summed E-state index contributed by atoms with van der Waals surface area (Å²) in [4.78, 5) is 31.7. The topological polar surface area (TPSA) is 117 Å². The third kappa shape index (κ3) is 4.65. The Labute approximate surface area is 213 Å². The summed E-state index contributed by atoms with van der Waals surface area (Å²) in [6.45, 7) is 0.0166. The Morgan fingerprint density at radius 1 is 0.892 bits per heavy atom. The largest absolute Gasteiger partial charge is 0.506 e. The van der Waals surface area contributed by atoms with E-state index < -0.39 is 21.8 Å². The van der Waals surface area contributed by atoms with E-state index in [1.807, 2.05) is 0 Å². The Balaban J connectivity index is 1.60. The summed E-state index contributed by atoms with van der Waals surface area (Å²) in [5, 5.41) is 11.1. The van der Waals surface area contributed by atoms with Crippen molar-refractivity contribution in [2.24, 2.45) is 0 Å². The SMILES string of the molecule is O=C1/C(=C(\O)c2ccccc2)c2cc(S(=O)(=O)NCc3cccnc3)ccc2N1C(=O)c1ccccc1. The Hall–Kier alpha value is -4.60. The van der Waals surface area contributed by atoms with Crippen LogP contribution in [0, 0.1) is 0 Å². The average molecular weight is 512 g/mol. The number of carbonyl (C=O) groups is 2. The van der Waals surface area contributed by atoms with Crippen molar-refractivity contribution in [3.63, 3.8) is 0 Å². The van der Waals surface area contributed by atoms with E-state index in [4.69, 9.17) is 0 Å². The Bertz CT molecular complexity index is 1620. The number of pyridine rings is 1. The molecule has 2 amide bonds. The number of aliphatic hydroxyl groups is 1. The van der Waals surface area contributed by atoms with Crippen LogP contribution in [0.5, 0.6) is 0 Å². The number of rotatable bonds is 6. The number of aliphatic hydroxyl groups excluding tert-OH is 1. The van der Waals surface area contributed by atoms with Gasteiger partial charge < -0.3 is 5.11 Å². The summed E-state index contributed by atoms with van der Waals surface area (Å²) in [7, 11) is -4.00. The third-order valence-electron chi connectivity index (χ3n) is 5.90. The number of aromatic nitrogens is 1. The van der Waals surface area contributed by atoms with Crippen molar-refractivity contribution in [3.05, 3.63) is 126 Å². The molecule has 0 radical (unpaired) electrons. The number of anilines is 1. The van der Waals surface area contributed by atoms with E-state index in [-0.39, 0.29) is 39.6 Å². The summed E-state index contributed by atoms with van der Waals surface area (Å²) in [6, 6.07) is 24.1. The fourth-order valence-corrected chi connectivity index (χ4v) is 5.10. The van der Waals surface area contributed by atoms with E-state index in [1.54, 1.807) is 85.2 Å². The van der Waals surface area contributed by atoms with Crippen LogP contribution in [0.1, 0.15) is 27.0 Å². The molecule has 2 N–H and O–H groups in total. The van der Waals surface area contributed by atoms with Gasteiger partial charge in [-0.2, -0.15) is 0 Å². The minimum atomic E-state index is -4.00. The number of imide groups is 1. The zero-order valence-electron chi connectivity index (χ0n) is 19.4. The second kappa shape index (κ2) is 9.81. The number of benzene rings is 3. The maximum absolute atomic E-state index is 13.6. The van der Waals surface area contributed by atoms with Crippen LogP contribution in [-0.4, -0.2) is 30.3 Å². The van der Waals surface area contributed by atoms with Gasteiger partial charge in [0, 0.05) is 35.6 Å². The van der Waals surface area contributed by atoms with E-state index in [9.17, 15) is 23.1 Å². The summed E-state index contributed by atoms with van der Waals surface area (Å²) >= 11 is 0. The van der Waals surface area contributed by atoms with Gasteiger partial charge in [-0.15, -0.1) is 0 Å². The minimum absolute atomic E-state index is 0.0166.